The van der Waals surface area contributed by atoms with Crippen molar-refractivity contribution in [3.05, 3.63) is 33.9 Å². The first-order valence-corrected chi connectivity index (χ1v) is 5.84. The van der Waals surface area contributed by atoms with Gasteiger partial charge in [0.25, 0.3) is 11.6 Å². The normalized spacial score (nSPS) is 10.2. The average Bonchev–Trinajstić information content (AvgIpc) is 2.39. The molecule has 7 nitrogen and oxygen atoms in total. The molecule has 0 spiro atoms. The van der Waals surface area contributed by atoms with E-state index >= 15 is 0 Å². The molecule has 0 aliphatic heterocycles. The Labute approximate surface area is 111 Å². The maximum atomic E-state index is 12.2. The number of nitro benzene ring substituents is 1. The molecular weight excluding hydrogens is 250 g/mol. The van der Waals surface area contributed by atoms with Gasteiger partial charge in [-0.2, -0.15) is 0 Å². The fourth-order valence-corrected chi connectivity index (χ4v) is 1.67. The first kappa shape index (κ1) is 14.9. The Morgan fingerprint density at radius 2 is 2.21 bits per heavy atom. The summed E-state index contributed by atoms with van der Waals surface area (Å²) in [6.07, 6.45) is 0. The molecule has 1 rings (SSSR count). The average molecular weight is 267 g/mol. The molecule has 0 fully saturated rings. The highest BCUT2D eigenvalue weighted by Crippen LogP contribution is 2.25. The van der Waals surface area contributed by atoms with Crippen molar-refractivity contribution in [3.8, 4) is 0 Å². The fourth-order valence-electron chi connectivity index (χ4n) is 1.67. The van der Waals surface area contributed by atoms with Crippen LogP contribution in [0.2, 0.25) is 0 Å². The van der Waals surface area contributed by atoms with Gasteiger partial charge in [-0.25, -0.2) is 0 Å². The Hall–Kier alpha value is -2.15. The van der Waals surface area contributed by atoms with Gasteiger partial charge >= 0.3 is 0 Å². The summed E-state index contributed by atoms with van der Waals surface area (Å²) in [4.78, 5) is 24.0. The number of nitrogens with zero attached hydrogens (tertiary/aromatic N) is 2. The van der Waals surface area contributed by atoms with Gasteiger partial charge < -0.3 is 15.4 Å². The van der Waals surface area contributed by atoms with Crippen molar-refractivity contribution in [2.75, 3.05) is 32.5 Å². The summed E-state index contributed by atoms with van der Waals surface area (Å²) in [6, 6.07) is 4.21. The van der Waals surface area contributed by atoms with Crippen LogP contribution < -0.4 is 5.73 Å². The van der Waals surface area contributed by atoms with Gasteiger partial charge in [-0.15, -0.1) is 0 Å². The molecule has 0 unspecified atom stereocenters. The molecule has 0 bridgehead atoms. The van der Waals surface area contributed by atoms with E-state index in [0.29, 0.717) is 19.7 Å². The zero-order valence-electron chi connectivity index (χ0n) is 11.0. The van der Waals surface area contributed by atoms with E-state index in [1.54, 1.807) is 7.11 Å². The predicted molar refractivity (Wildman–Crippen MR) is 71.0 cm³/mol. The number of ether oxygens (including phenoxy) is 1. The molecule has 0 heterocycles. The lowest BCUT2D eigenvalue weighted by atomic mass is 10.1. The molecule has 0 aliphatic carbocycles. The van der Waals surface area contributed by atoms with E-state index in [1.807, 2.05) is 6.92 Å². The van der Waals surface area contributed by atoms with Crippen LogP contribution in [0.1, 0.15) is 17.3 Å². The summed E-state index contributed by atoms with van der Waals surface area (Å²) < 4.78 is 4.92. The van der Waals surface area contributed by atoms with Gasteiger partial charge in [-0.05, 0) is 13.0 Å². The van der Waals surface area contributed by atoms with Crippen molar-refractivity contribution in [1.82, 2.24) is 4.90 Å². The zero-order valence-corrected chi connectivity index (χ0v) is 11.0. The van der Waals surface area contributed by atoms with E-state index < -0.39 is 4.92 Å². The van der Waals surface area contributed by atoms with E-state index in [9.17, 15) is 14.9 Å². The Morgan fingerprint density at radius 1 is 1.53 bits per heavy atom. The number of nitrogens with two attached hydrogens (primary N) is 1. The molecule has 104 valence electrons. The summed E-state index contributed by atoms with van der Waals surface area (Å²) >= 11 is 0. The number of para-hydroxylation sites is 1. The molecule has 0 radical (unpaired) electrons. The van der Waals surface area contributed by atoms with Crippen molar-refractivity contribution in [2.45, 2.75) is 6.92 Å². The predicted octanol–water partition coefficient (Wildman–Crippen LogP) is 1.29. The number of methoxy groups -OCH3 is 1. The highest BCUT2D eigenvalue weighted by molar-refractivity contribution is 6.01. The van der Waals surface area contributed by atoms with E-state index in [1.165, 1.54) is 23.1 Å². The number of amides is 1. The second-order valence-corrected chi connectivity index (χ2v) is 3.87. The van der Waals surface area contributed by atoms with Crippen LogP contribution in [0.4, 0.5) is 11.4 Å². The second-order valence-electron chi connectivity index (χ2n) is 3.87. The Morgan fingerprint density at radius 3 is 2.74 bits per heavy atom. The first-order valence-electron chi connectivity index (χ1n) is 5.84. The number of nitro groups is 1. The van der Waals surface area contributed by atoms with Crippen LogP contribution in [-0.2, 0) is 4.74 Å². The molecule has 1 amide bonds. The molecule has 0 saturated heterocycles. The van der Waals surface area contributed by atoms with Crippen molar-refractivity contribution in [2.24, 2.45) is 0 Å². The number of carbonyl (C=O) groups excluding carboxylic acids is 1. The summed E-state index contributed by atoms with van der Waals surface area (Å²) in [5, 5.41) is 10.8. The largest absolute Gasteiger partial charge is 0.393 e. The van der Waals surface area contributed by atoms with Crippen LogP contribution in [0, 0.1) is 10.1 Å². The van der Waals surface area contributed by atoms with Gasteiger partial charge in [0.1, 0.15) is 5.69 Å². The highest BCUT2D eigenvalue weighted by Gasteiger charge is 2.22. The number of nitrogen functional groups attached to an aromatic ring is 1. The molecule has 1 aromatic carbocycles. The third kappa shape index (κ3) is 3.41. The molecule has 0 atom stereocenters. The topological polar surface area (TPSA) is 98.7 Å². The quantitative estimate of drug-likeness (QED) is 0.475. The van der Waals surface area contributed by atoms with Gasteiger partial charge in [-0.3, -0.25) is 14.9 Å². The van der Waals surface area contributed by atoms with Crippen molar-refractivity contribution in [1.29, 1.82) is 0 Å². The maximum Gasteiger partial charge on any atom is 0.292 e. The minimum absolute atomic E-state index is 0.103. The SMILES string of the molecule is CCN(CCOC)C(=O)c1cccc([N+](=O)[O-])c1N. The lowest BCUT2D eigenvalue weighted by Gasteiger charge is -2.21. The Kier molecular flexibility index (Phi) is 5.25. The van der Waals surface area contributed by atoms with Gasteiger partial charge in [0.05, 0.1) is 17.1 Å². The van der Waals surface area contributed by atoms with Crippen molar-refractivity contribution >= 4 is 17.3 Å². The van der Waals surface area contributed by atoms with Crippen LogP contribution in [0.25, 0.3) is 0 Å². The summed E-state index contributed by atoms with van der Waals surface area (Å²) in [6.45, 7) is 3.10. The van der Waals surface area contributed by atoms with Gasteiger partial charge in [0.15, 0.2) is 0 Å². The number of hydrogen-bond acceptors (Lipinski definition) is 5. The maximum absolute atomic E-state index is 12.2. The van der Waals surface area contributed by atoms with Crippen molar-refractivity contribution < 1.29 is 14.5 Å². The third-order valence-electron chi connectivity index (χ3n) is 2.74. The lowest BCUT2D eigenvalue weighted by Crippen LogP contribution is -2.34. The van der Waals surface area contributed by atoms with E-state index in [2.05, 4.69) is 0 Å². The summed E-state index contributed by atoms with van der Waals surface area (Å²) in [7, 11) is 1.54. The fraction of sp³-hybridized carbons (Fsp3) is 0.417. The van der Waals surface area contributed by atoms with Crippen LogP contribution >= 0.6 is 0 Å². The monoisotopic (exact) mass is 267 g/mol. The summed E-state index contributed by atoms with van der Waals surface area (Å²) in [5.41, 5.74) is 5.47. The molecule has 2 N–H and O–H groups in total. The number of benzene rings is 1. The molecule has 19 heavy (non-hydrogen) atoms. The van der Waals surface area contributed by atoms with E-state index in [-0.39, 0.29) is 22.8 Å². The number of anilines is 1. The Balaban J connectivity index is 3.04. The number of likely N-dealkylation sites (N-methyl/N-ethyl adjacent to an activating group) is 1. The highest BCUT2D eigenvalue weighted by atomic mass is 16.6. The smallest absolute Gasteiger partial charge is 0.292 e. The Bertz CT molecular complexity index is 476. The minimum atomic E-state index is -0.600. The molecule has 0 aromatic heterocycles. The van der Waals surface area contributed by atoms with Crippen LogP contribution in [0.5, 0.6) is 0 Å². The number of hydrogen-bond donors (Lipinski definition) is 1. The standard InChI is InChI=1S/C12H17N3O4/c1-3-14(7-8-19-2)12(16)9-5-4-6-10(11(9)13)15(17)18/h4-6H,3,7-8,13H2,1-2H3. The van der Waals surface area contributed by atoms with E-state index in [0.717, 1.165) is 0 Å². The molecule has 1 aromatic rings. The lowest BCUT2D eigenvalue weighted by molar-refractivity contribution is -0.383. The molecular formula is C12H17N3O4. The molecule has 0 aliphatic rings. The van der Waals surface area contributed by atoms with Gasteiger partial charge in [0, 0.05) is 26.3 Å². The zero-order chi connectivity index (χ0) is 14.4. The van der Waals surface area contributed by atoms with Crippen LogP contribution in [0.3, 0.4) is 0 Å². The van der Waals surface area contributed by atoms with Crippen LogP contribution in [0.15, 0.2) is 18.2 Å². The molecule has 7 heteroatoms. The minimum Gasteiger partial charge on any atom is -0.393 e. The van der Waals surface area contributed by atoms with Gasteiger partial charge in [-0.1, -0.05) is 6.07 Å². The molecule has 0 saturated carbocycles. The van der Waals surface area contributed by atoms with Crippen molar-refractivity contribution in [3.63, 3.8) is 0 Å². The number of carbonyl (C=O) groups is 1. The second kappa shape index (κ2) is 6.69. The number of rotatable bonds is 6. The first-order chi connectivity index (χ1) is 9.02. The third-order valence-corrected chi connectivity index (χ3v) is 2.74. The summed E-state index contributed by atoms with van der Waals surface area (Å²) in [5.74, 6) is -0.333. The van der Waals surface area contributed by atoms with Crippen LogP contribution in [-0.4, -0.2) is 42.5 Å². The van der Waals surface area contributed by atoms with E-state index in [4.69, 9.17) is 10.5 Å². The van der Waals surface area contributed by atoms with Gasteiger partial charge in [0.2, 0.25) is 0 Å².